The van der Waals surface area contributed by atoms with Gasteiger partial charge >= 0.3 is 0 Å². The van der Waals surface area contributed by atoms with Crippen LogP contribution >= 0.6 is 0 Å². The first kappa shape index (κ1) is 30.2. The van der Waals surface area contributed by atoms with Gasteiger partial charge in [0.15, 0.2) is 28.2 Å². The molecule has 0 spiro atoms. The quantitative estimate of drug-likeness (QED) is 0.285. The van der Waals surface area contributed by atoms with E-state index in [9.17, 15) is 35.6 Å². The maximum Gasteiger partial charge on any atom is 0.251 e. The number of nitrogens with one attached hydrogen (secondary N) is 1. The SMILES string of the molecule is Cc1c(F)c(F)c(S(=O)(=O)N2CC[C@@H]2C(=O)N(Cc2ccc(C3CCCCC3)cn2)c2ccc3c(c2)CNC3=O)c(F)c1F. The molecule has 232 valence electrons. The highest BCUT2D eigenvalue weighted by atomic mass is 32.2. The molecule has 2 fully saturated rings. The fourth-order valence-corrected chi connectivity index (χ4v) is 7.94. The summed E-state index contributed by atoms with van der Waals surface area (Å²) in [5.74, 6) is -8.31. The summed E-state index contributed by atoms with van der Waals surface area (Å²) in [6.07, 6.45) is 7.47. The molecule has 2 amide bonds. The molecule has 2 aromatic carbocycles. The molecule has 1 saturated carbocycles. The van der Waals surface area contributed by atoms with Crippen molar-refractivity contribution in [1.82, 2.24) is 14.6 Å². The molecule has 3 heterocycles. The summed E-state index contributed by atoms with van der Waals surface area (Å²) in [6, 6.07) is 7.13. The van der Waals surface area contributed by atoms with Crippen molar-refractivity contribution in [3.63, 3.8) is 0 Å². The average molecular weight is 631 g/mol. The van der Waals surface area contributed by atoms with Crippen molar-refractivity contribution in [1.29, 1.82) is 0 Å². The lowest BCUT2D eigenvalue weighted by Gasteiger charge is -2.41. The number of pyridine rings is 1. The Balaban J connectivity index is 1.33. The van der Waals surface area contributed by atoms with Gasteiger partial charge in [0.2, 0.25) is 15.9 Å². The fraction of sp³-hybridized carbons (Fsp3) is 0.387. The van der Waals surface area contributed by atoms with E-state index in [1.54, 1.807) is 30.5 Å². The van der Waals surface area contributed by atoms with Gasteiger partial charge in [-0.25, -0.2) is 26.0 Å². The zero-order valence-corrected chi connectivity index (χ0v) is 24.7. The number of halogens is 4. The van der Waals surface area contributed by atoms with Crippen molar-refractivity contribution >= 4 is 27.5 Å². The largest absolute Gasteiger partial charge is 0.348 e. The minimum atomic E-state index is -5.16. The second kappa shape index (κ2) is 11.6. The predicted molar refractivity (Wildman–Crippen MR) is 152 cm³/mol. The number of fused-ring (bicyclic) bond motifs is 1. The van der Waals surface area contributed by atoms with Crippen LogP contribution < -0.4 is 10.2 Å². The molecular formula is C31H30F4N4O4S. The van der Waals surface area contributed by atoms with Crippen molar-refractivity contribution in [3.8, 4) is 0 Å². The van der Waals surface area contributed by atoms with Crippen LogP contribution in [0.25, 0.3) is 0 Å². The fourth-order valence-electron chi connectivity index (χ4n) is 6.19. The average Bonchev–Trinajstić information content (AvgIpc) is 3.37. The first-order chi connectivity index (χ1) is 21.0. The first-order valence-corrected chi connectivity index (χ1v) is 15.9. The van der Waals surface area contributed by atoms with Crippen LogP contribution in [0, 0.1) is 30.2 Å². The van der Waals surface area contributed by atoms with Crippen molar-refractivity contribution in [2.24, 2.45) is 0 Å². The topological polar surface area (TPSA) is 99.7 Å². The summed E-state index contributed by atoms with van der Waals surface area (Å²) in [6.45, 7) is 0.673. The van der Waals surface area contributed by atoms with Gasteiger partial charge in [-0.1, -0.05) is 25.3 Å². The minimum Gasteiger partial charge on any atom is -0.348 e. The summed E-state index contributed by atoms with van der Waals surface area (Å²) >= 11 is 0. The molecule has 8 nitrogen and oxygen atoms in total. The first-order valence-electron chi connectivity index (χ1n) is 14.5. The van der Waals surface area contributed by atoms with E-state index < -0.39 is 55.7 Å². The molecular weight excluding hydrogens is 600 g/mol. The number of carbonyl (C=O) groups is 2. The van der Waals surface area contributed by atoms with Gasteiger partial charge in [0, 0.05) is 36.1 Å². The Bertz CT molecular complexity index is 1730. The third-order valence-corrected chi connectivity index (χ3v) is 10.8. The Hall–Kier alpha value is -3.84. The summed E-state index contributed by atoms with van der Waals surface area (Å²) in [5, 5.41) is 2.71. The molecule has 44 heavy (non-hydrogen) atoms. The standard InChI is InChI=1S/C31H30F4N4O4S/c1-17-25(32)27(34)29(28(35)26(17)33)44(42,43)39-12-11-24(39)31(41)38(22-9-10-23-20(13-22)15-37-30(23)40)16-21-8-7-19(14-36-21)18-5-3-2-4-6-18/h7-10,13-14,18,24H,2-6,11-12,15-16H2,1H3,(H,37,40)/t24-/m1/s1. The van der Waals surface area contributed by atoms with E-state index >= 15 is 0 Å². The van der Waals surface area contributed by atoms with E-state index in [4.69, 9.17) is 0 Å². The lowest BCUT2D eigenvalue weighted by atomic mass is 9.85. The smallest absolute Gasteiger partial charge is 0.251 e. The molecule has 0 radical (unpaired) electrons. The molecule has 1 aromatic heterocycles. The van der Waals surface area contributed by atoms with Gasteiger partial charge in [-0.15, -0.1) is 0 Å². The number of sulfonamides is 1. The summed E-state index contributed by atoms with van der Waals surface area (Å²) in [4.78, 5) is 30.3. The number of nitrogens with zero attached hydrogens (tertiary/aromatic N) is 3. The summed E-state index contributed by atoms with van der Waals surface area (Å²) in [7, 11) is -5.16. The van der Waals surface area contributed by atoms with E-state index in [0.29, 0.717) is 32.7 Å². The van der Waals surface area contributed by atoms with Crippen LogP contribution in [0.3, 0.4) is 0 Å². The van der Waals surface area contributed by atoms with Crippen LogP contribution in [0.1, 0.15) is 77.2 Å². The Labute approximate surface area is 252 Å². The van der Waals surface area contributed by atoms with Crippen LogP contribution in [0.2, 0.25) is 0 Å². The van der Waals surface area contributed by atoms with Crippen LogP contribution in [0.15, 0.2) is 41.4 Å². The van der Waals surface area contributed by atoms with E-state index in [1.807, 2.05) is 6.07 Å². The molecule has 3 aliphatic rings. The number of hydrogen-bond acceptors (Lipinski definition) is 5. The zero-order chi connectivity index (χ0) is 31.3. The monoisotopic (exact) mass is 630 g/mol. The molecule has 1 aliphatic carbocycles. The van der Waals surface area contributed by atoms with E-state index in [2.05, 4.69) is 10.3 Å². The van der Waals surface area contributed by atoms with Crippen molar-refractivity contribution in [2.75, 3.05) is 11.4 Å². The van der Waals surface area contributed by atoms with Crippen molar-refractivity contribution in [2.45, 2.75) is 75.4 Å². The van der Waals surface area contributed by atoms with Crippen LogP contribution in [-0.4, -0.2) is 42.1 Å². The second-order valence-electron chi connectivity index (χ2n) is 11.5. The van der Waals surface area contributed by atoms with E-state index in [-0.39, 0.29) is 32.0 Å². The molecule has 2 aliphatic heterocycles. The zero-order valence-electron chi connectivity index (χ0n) is 23.9. The number of benzene rings is 2. The highest BCUT2D eigenvalue weighted by Crippen LogP contribution is 2.36. The van der Waals surface area contributed by atoms with E-state index in [1.165, 1.54) is 11.3 Å². The van der Waals surface area contributed by atoms with Gasteiger partial charge in [0.05, 0.1) is 12.2 Å². The number of carbonyl (C=O) groups excluding carboxylic acids is 2. The maximum absolute atomic E-state index is 14.8. The van der Waals surface area contributed by atoms with Crippen molar-refractivity contribution in [3.05, 3.63) is 87.7 Å². The van der Waals surface area contributed by atoms with E-state index in [0.717, 1.165) is 38.2 Å². The number of hydrogen-bond donors (Lipinski definition) is 1. The molecule has 1 saturated heterocycles. The number of rotatable bonds is 7. The minimum absolute atomic E-state index is 0.00759. The third-order valence-electron chi connectivity index (χ3n) is 8.86. The normalized spacial score (nSPS) is 18.9. The van der Waals surface area contributed by atoms with Crippen LogP contribution in [0.4, 0.5) is 23.2 Å². The van der Waals surface area contributed by atoms with Crippen molar-refractivity contribution < 1.29 is 35.6 Å². The van der Waals surface area contributed by atoms with Crippen LogP contribution in [-0.2, 0) is 27.9 Å². The molecule has 3 aromatic rings. The lowest BCUT2D eigenvalue weighted by molar-refractivity contribution is -0.125. The Morgan fingerprint density at radius 1 is 1.00 bits per heavy atom. The number of aromatic nitrogens is 1. The van der Waals surface area contributed by atoms with Gasteiger partial charge in [0.1, 0.15) is 6.04 Å². The molecule has 0 unspecified atom stereocenters. The highest BCUT2D eigenvalue weighted by Gasteiger charge is 2.48. The van der Waals surface area contributed by atoms with Gasteiger partial charge in [-0.05, 0) is 67.5 Å². The second-order valence-corrected chi connectivity index (χ2v) is 13.3. The molecule has 1 atom stereocenters. The Morgan fingerprint density at radius 2 is 1.70 bits per heavy atom. The molecule has 13 heteroatoms. The maximum atomic E-state index is 14.8. The highest BCUT2D eigenvalue weighted by molar-refractivity contribution is 7.89. The number of anilines is 1. The summed E-state index contributed by atoms with van der Waals surface area (Å²) in [5.41, 5.74) is 2.06. The van der Waals surface area contributed by atoms with Gasteiger partial charge in [-0.3, -0.25) is 14.6 Å². The Morgan fingerprint density at radius 3 is 2.32 bits per heavy atom. The number of amides is 2. The summed E-state index contributed by atoms with van der Waals surface area (Å²) < 4.78 is 85.4. The lowest BCUT2D eigenvalue weighted by Crippen LogP contribution is -2.59. The molecule has 1 N–H and O–H groups in total. The van der Waals surface area contributed by atoms with Gasteiger partial charge in [0.25, 0.3) is 5.91 Å². The van der Waals surface area contributed by atoms with Gasteiger partial charge < -0.3 is 10.2 Å². The van der Waals surface area contributed by atoms with Gasteiger partial charge in [-0.2, -0.15) is 4.31 Å². The molecule has 0 bridgehead atoms. The molecule has 6 rings (SSSR count). The third kappa shape index (κ3) is 5.15. The van der Waals surface area contributed by atoms with Crippen LogP contribution in [0.5, 0.6) is 0 Å². The predicted octanol–water partition coefficient (Wildman–Crippen LogP) is 5.23. The Kier molecular flexibility index (Phi) is 7.95.